The molecule has 1 fully saturated rings. The number of ether oxygens (including phenoxy) is 1. The van der Waals surface area contributed by atoms with Gasteiger partial charge in [0, 0.05) is 0 Å². The molecule has 1 unspecified atom stereocenters. The molecule has 188 valence electrons. The third-order valence-electron chi connectivity index (χ3n) is 6.75. The van der Waals surface area contributed by atoms with Gasteiger partial charge in [-0.1, -0.05) is 49.7 Å². The van der Waals surface area contributed by atoms with Crippen molar-refractivity contribution in [2.24, 2.45) is 5.92 Å². The summed E-state index contributed by atoms with van der Waals surface area (Å²) < 4.78 is 81.3. The van der Waals surface area contributed by atoms with Crippen LogP contribution in [0.25, 0.3) is 0 Å². The van der Waals surface area contributed by atoms with Gasteiger partial charge >= 0.3 is 12.3 Å². The molecule has 0 aromatic heterocycles. The monoisotopic (exact) mass is 486 g/mol. The van der Waals surface area contributed by atoms with Crippen molar-refractivity contribution in [3.8, 4) is 5.75 Å². The van der Waals surface area contributed by atoms with Gasteiger partial charge in [0.15, 0.2) is 0 Å². The van der Waals surface area contributed by atoms with Crippen LogP contribution in [0.4, 0.5) is 26.3 Å². The van der Waals surface area contributed by atoms with Gasteiger partial charge in [0.05, 0.1) is 0 Å². The van der Waals surface area contributed by atoms with E-state index in [0.717, 1.165) is 56.9 Å². The first-order valence-corrected chi connectivity index (χ1v) is 12.0. The molecule has 3 rings (SSSR count). The summed E-state index contributed by atoms with van der Waals surface area (Å²) >= 11 is 0. The summed E-state index contributed by atoms with van der Waals surface area (Å²) in [6, 6.07) is 13.3. The van der Waals surface area contributed by atoms with Crippen LogP contribution in [-0.2, 0) is 12.8 Å². The van der Waals surface area contributed by atoms with E-state index in [1.807, 2.05) is 0 Å². The summed E-state index contributed by atoms with van der Waals surface area (Å²) in [5, 5.41) is 0. The normalized spacial score (nSPS) is 20.2. The average molecular weight is 487 g/mol. The lowest BCUT2D eigenvalue weighted by atomic mass is 9.76. The van der Waals surface area contributed by atoms with Gasteiger partial charge in [-0.2, -0.15) is 22.0 Å². The zero-order valence-electron chi connectivity index (χ0n) is 19.6. The second-order valence-corrected chi connectivity index (χ2v) is 9.42. The van der Waals surface area contributed by atoms with Gasteiger partial charge in [0.1, 0.15) is 5.75 Å². The van der Waals surface area contributed by atoms with Gasteiger partial charge in [-0.15, -0.1) is 0 Å². The number of aryl methyl sites for hydroxylation is 3. The molecule has 2 aromatic carbocycles. The summed E-state index contributed by atoms with van der Waals surface area (Å²) in [4.78, 5) is 0. The van der Waals surface area contributed by atoms with E-state index in [0.29, 0.717) is 11.8 Å². The van der Waals surface area contributed by atoms with E-state index in [1.165, 1.54) is 24.1 Å². The van der Waals surface area contributed by atoms with Crippen molar-refractivity contribution in [1.29, 1.82) is 0 Å². The highest BCUT2D eigenvalue weighted by Crippen LogP contribution is 2.39. The maximum Gasteiger partial charge on any atom is 0.439 e. The quantitative estimate of drug-likeness (QED) is 0.322. The van der Waals surface area contributed by atoms with Crippen molar-refractivity contribution in [2.75, 3.05) is 0 Å². The van der Waals surface area contributed by atoms with Crippen LogP contribution in [-0.4, -0.2) is 18.5 Å². The minimum absolute atomic E-state index is 0.252. The Morgan fingerprint density at radius 3 is 2.06 bits per heavy atom. The van der Waals surface area contributed by atoms with Gasteiger partial charge in [0.25, 0.3) is 6.17 Å². The molecule has 2 aromatic rings. The summed E-state index contributed by atoms with van der Waals surface area (Å²) in [6.45, 7) is 3.64. The molecule has 0 spiro atoms. The Hall–Kier alpha value is -2.18. The van der Waals surface area contributed by atoms with Gasteiger partial charge in [-0.05, 0) is 92.0 Å². The van der Waals surface area contributed by atoms with Crippen LogP contribution in [0.5, 0.6) is 5.75 Å². The topological polar surface area (TPSA) is 9.23 Å². The van der Waals surface area contributed by atoms with Crippen LogP contribution in [0.3, 0.4) is 0 Å². The third-order valence-corrected chi connectivity index (χ3v) is 6.75. The third kappa shape index (κ3) is 6.92. The molecular weight excluding hydrogens is 454 g/mol. The summed E-state index contributed by atoms with van der Waals surface area (Å²) in [7, 11) is 0. The number of rotatable bonds is 9. The van der Waals surface area contributed by atoms with Crippen molar-refractivity contribution < 1.29 is 31.1 Å². The van der Waals surface area contributed by atoms with Crippen LogP contribution in [0.1, 0.15) is 73.6 Å². The Morgan fingerprint density at radius 2 is 1.50 bits per heavy atom. The molecule has 1 atom stereocenters. The number of benzene rings is 2. The SMILES string of the molecule is CCCc1ccc(C2CCC(CCc3ccc(OC(F)(F)C(F)C(F)(F)F)c(C)c3)CC2)cc1. The highest BCUT2D eigenvalue weighted by molar-refractivity contribution is 5.36. The summed E-state index contributed by atoms with van der Waals surface area (Å²) in [5.41, 5.74) is 3.93. The summed E-state index contributed by atoms with van der Waals surface area (Å²) in [5.74, 6) is 0.713. The van der Waals surface area contributed by atoms with Crippen LogP contribution in [0.15, 0.2) is 42.5 Å². The Morgan fingerprint density at radius 1 is 0.882 bits per heavy atom. The summed E-state index contributed by atoms with van der Waals surface area (Å²) in [6.07, 6.45) is -6.59. The fourth-order valence-corrected chi connectivity index (χ4v) is 4.77. The zero-order valence-corrected chi connectivity index (χ0v) is 19.6. The smallest absolute Gasteiger partial charge is 0.430 e. The first-order valence-electron chi connectivity index (χ1n) is 12.0. The predicted octanol–water partition coefficient (Wildman–Crippen LogP) is 8.73. The highest BCUT2D eigenvalue weighted by Gasteiger charge is 2.59. The first-order chi connectivity index (χ1) is 16.0. The Bertz CT molecular complexity index is 914. The average Bonchev–Trinajstić information content (AvgIpc) is 2.79. The predicted molar refractivity (Wildman–Crippen MR) is 121 cm³/mol. The van der Waals surface area contributed by atoms with E-state index in [2.05, 4.69) is 35.9 Å². The van der Waals surface area contributed by atoms with Crippen LogP contribution >= 0.6 is 0 Å². The van der Waals surface area contributed by atoms with Crippen LogP contribution in [0.2, 0.25) is 0 Å². The van der Waals surface area contributed by atoms with Crippen LogP contribution in [0, 0.1) is 12.8 Å². The van der Waals surface area contributed by atoms with E-state index in [9.17, 15) is 26.3 Å². The molecule has 1 aliphatic rings. The standard InChI is InChI=1S/C27H32F6O/c1-3-4-19-7-12-22(13-8-19)23-14-9-20(10-15-23)5-6-21-11-16-24(18(2)17-21)34-27(32,33)25(28)26(29,30)31/h7-8,11-13,16-17,20,23,25H,3-6,9-10,14-15H2,1-2H3. The highest BCUT2D eigenvalue weighted by atomic mass is 19.4. The Balaban J connectivity index is 1.49. The minimum Gasteiger partial charge on any atom is -0.430 e. The molecule has 0 saturated heterocycles. The van der Waals surface area contributed by atoms with E-state index in [4.69, 9.17) is 0 Å². The first kappa shape index (κ1) is 26.4. The molecule has 0 amide bonds. The van der Waals surface area contributed by atoms with Crippen LogP contribution < -0.4 is 4.74 Å². The molecular formula is C27H32F6O. The maximum absolute atomic E-state index is 13.6. The van der Waals surface area contributed by atoms with E-state index in [-0.39, 0.29) is 5.56 Å². The number of hydrogen-bond donors (Lipinski definition) is 0. The second-order valence-electron chi connectivity index (χ2n) is 9.42. The lowest BCUT2D eigenvalue weighted by Gasteiger charge is -2.29. The van der Waals surface area contributed by atoms with Crippen molar-refractivity contribution in [3.63, 3.8) is 0 Å². The molecule has 0 radical (unpaired) electrons. The van der Waals surface area contributed by atoms with Crippen molar-refractivity contribution in [1.82, 2.24) is 0 Å². The molecule has 1 aliphatic carbocycles. The molecule has 34 heavy (non-hydrogen) atoms. The van der Waals surface area contributed by atoms with Crippen molar-refractivity contribution in [3.05, 3.63) is 64.7 Å². The lowest BCUT2D eigenvalue weighted by Crippen LogP contribution is -2.45. The Kier molecular flexibility index (Phi) is 8.58. The Labute approximate surface area is 197 Å². The molecule has 7 heteroatoms. The lowest BCUT2D eigenvalue weighted by molar-refractivity contribution is -0.305. The number of hydrogen-bond acceptors (Lipinski definition) is 1. The van der Waals surface area contributed by atoms with Gasteiger partial charge in [0.2, 0.25) is 0 Å². The van der Waals surface area contributed by atoms with Gasteiger partial charge in [-0.3, -0.25) is 0 Å². The molecule has 0 aliphatic heterocycles. The van der Waals surface area contributed by atoms with Gasteiger partial charge in [-0.25, -0.2) is 4.39 Å². The second kappa shape index (κ2) is 11.0. The fraction of sp³-hybridized carbons (Fsp3) is 0.556. The maximum atomic E-state index is 13.6. The van der Waals surface area contributed by atoms with E-state index in [1.54, 1.807) is 12.1 Å². The number of halogens is 6. The van der Waals surface area contributed by atoms with Gasteiger partial charge < -0.3 is 4.74 Å². The van der Waals surface area contributed by atoms with E-state index >= 15 is 0 Å². The fourth-order valence-electron chi connectivity index (χ4n) is 4.77. The molecule has 1 nitrogen and oxygen atoms in total. The van der Waals surface area contributed by atoms with Crippen molar-refractivity contribution >= 4 is 0 Å². The molecule has 0 heterocycles. The van der Waals surface area contributed by atoms with E-state index < -0.39 is 24.2 Å². The zero-order chi connectivity index (χ0) is 24.9. The molecule has 0 N–H and O–H groups in total. The number of alkyl halides is 6. The largest absolute Gasteiger partial charge is 0.439 e. The van der Waals surface area contributed by atoms with Crippen molar-refractivity contribution in [2.45, 2.75) is 89.6 Å². The molecule has 0 bridgehead atoms. The molecule has 1 saturated carbocycles. The minimum atomic E-state index is -5.70.